The molecule has 0 saturated carbocycles. The number of carbonyl (C=O) groups is 1. The van der Waals surface area contributed by atoms with E-state index in [0.717, 1.165) is 0 Å². The van der Waals surface area contributed by atoms with Crippen molar-refractivity contribution in [1.82, 2.24) is 15.3 Å². The van der Waals surface area contributed by atoms with Crippen LogP contribution in [0.5, 0.6) is 0 Å². The van der Waals surface area contributed by atoms with Crippen LogP contribution in [0.1, 0.15) is 29.1 Å². The van der Waals surface area contributed by atoms with Crippen molar-refractivity contribution in [1.29, 1.82) is 0 Å². The summed E-state index contributed by atoms with van der Waals surface area (Å²) in [5, 5.41) is 13.5. The van der Waals surface area contributed by atoms with Crippen LogP contribution in [0.2, 0.25) is 5.02 Å². The van der Waals surface area contributed by atoms with Gasteiger partial charge in [0.1, 0.15) is 5.82 Å². The van der Waals surface area contributed by atoms with Gasteiger partial charge in [0.05, 0.1) is 11.0 Å². The highest BCUT2D eigenvalue weighted by Gasteiger charge is 2.17. The zero-order valence-electron chi connectivity index (χ0n) is 10.5. The molecule has 0 aliphatic heterocycles. The van der Waals surface area contributed by atoms with Crippen molar-refractivity contribution in [2.75, 3.05) is 0 Å². The molecule has 2 aromatic rings. The summed E-state index contributed by atoms with van der Waals surface area (Å²) in [6.07, 6.45) is 3.21. The number of non-ortho nitro benzene ring substituents is 1. The smallest absolute Gasteiger partial charge is 0.271 e. The van der Waals surface area contributed by atoms with Crippen LogP contribution in [0.25, 0.3) is 0 Å². The standard InChI is InChI=1S/C12H11ClN4O3/c1-7(11-14-2-3-15-11)16-12(18)8-4-9(13)6-10(5-8)17(19)20/h2-7H,1H3,(H,14,15)(H,16,18). The number of benzene rings is 1. The second-order valence-electron chi connectivity index (χ2n) is 4.12. The summed E-state index contributed by atoms with van der Waals surface area (Å²) < 4.78 is 0. The van der Waals surface area contributed by atoms with E-state index in [9.17, 15) is 14.9 Å². The molecule has 1 aromatic heterocycles. The Bertz CT molecular complexity index is 642. The molecule has 0 radical (unpaired) electrons. The Morgan fingerprint density at radius 1 is 1.50 bits per heavy atom. The van der Waals surface area contributed by atoms with Gasteiger partial charge in [-0.15, -0.1) is 0 Å². The first kappa shape index (κ1) is 14.0. The van der Waals surface area contributed by atoms with E-state index in [1.54, 1.807) is 19.3 Å². The third kappa shape index (κ3) is 3.12. The van der Waals surface area contributed by atoms with Crippen LogP contribution >= 0.6 is 11.6 Å². The quantitative estimate of drug-likeness (QED) is 0.668. The van der Waals surface area contributed by atoms with Gasteiger partial charge >= 0.3 is 0 Å². The molecule has 0 saturated heterocycles. The summed E-state index contributed by atoms with van der Waals surface area (Å²) in [6.45, 7) is 1.75. The Morgan fingerprint density at radius 2 is 2.25 bits per heavy atom. The molecule has 0 aliphatic rings. The number of hydrogen-bond donors (Lipinski definition) is 2. The fourth-order valence-electron chi connectivity index (χ4n) is 1.67. The van der Waals surface area contributed by atoms with Gasteiger partial charge in [0.15, 0.2) is 0 Å². The number of aromatic nitrogens is 2. The van der Waals surface area contributed by atoms with Crippen molar-refractivity contribution in [3.63, 3.8) is 0 Å². The van der Waals surface area contributed by atoms with E-state index in [0.29, 0.717) is 5.82 Å². The molecule has 1 unspecified atom stereocenters. The average molecular weight is 295 g/mol. The molecule has 0 bridgehead atoms. The molecule has 1 heterocycles. The van der Waals surface area contributed by atoms with Crippen molar-refractivity contribution in [2.24, 2.45) is 0 Å². The van der Waals surface area contributed by atoms with Gasteiger partial charge in [-0.05, 0) is 13.0 Å². The van der Waals surface area contributed by atoms with Crippen molar-refractivity contribution in [3.05, 3.63) is 57.1 Å². The zero-order valence-corrected chi connectivity index (χ0v) is 11.2. The van der Waals surface area contributed by atoms with Gasteiger partial charge in [0.25, 0.3) is 11.6 Å². The fourth-order valence-corrected chi connectivity index (χ4v) is 1.90. The largest absolute Gasteiger partial charge is 0.347 e. The maximum Gasteiger partial charge on any atom is 0.271 e. The SMILES string of the molecule is CC(NC(=O)c1cc(Cl)cc([N+](=O)[O-])c1)c1ncc[nH]1. The maximum absolute atomic E-state index is 12.0. The van der Waals surface area contributed by atoms with E-state index < -0.39 is 10.8 Å². The topological polar surface area (TPSA) is 101 Å². The molecular weight excluding hydrogens is 284 g/mol. The first-order chi connectivity index (χ1) is 9.47. The predicted octanol–water partition coefficient (Wildman–Crippen LogP) is 2.46. The minimum absolute atomic E-state index is 0.127. The van der Waals surface area contributed by atoms with E-state index in [4.69, 9.17) is 11.6 Å². The summed E-state index contributed by atoms with van der Waals surface area (Å²) in [5.41, 5.74) is -0.101. The summed E-state index contributed by atoms with van der Waals surface area (Å²) in [7, 11) is 0. The van der Waals surface area contributed by atoms with E-state index in [1.165, 1.54) is 18.2 Å². The molecule has 1 aromatic carbocycles. The lowest BCUT2D eigenvalue weighted by Crippen LogP contribution is -2.27. The van der Waals surface area contributed by atoms with Crippen molar-refractivity contribution in [2.45, 2.75) is 13.0 Å². The second-order valence-corrected chi connectivity index (χ2v) is 4.56. The third-order valence-electron chi connectivity index (χ3n) is 2.63. The summed E-state index contributed by atoms with van der Waals surface area (Å²) in [6, 6.07) is 3.39. The van der Waals surface area contributed by atoms with Gasteiger partial charge in [-0.1, -0.05) is 11.6 Å². The Labute approximate surface area is 119 Å². The number of hydrogen-bond acceptors (Lipinski definition) is 4. The first-order valence-corrected chi connectivity index (χ1v) is 6.10. The van der Waals surface area contributed by atoms with E-state index in [2.05, 4.69) is 15.3 Å². The molecule has 2 rings (SSSR count). The van der Waals surface area contributed by atoms with Gasteiger partial charge < -0.3 is 10.3 Å². The van der Waals surface area contributed by atoms with Gasteiger partial charge in [-0.25, -0.2) is 4.98 Å². The number of imidazole rings is 1. The average Bonchev–Trinajstić information content (AvgIpc) is 2.91. The number of nitro groups is 1. The molecule has 2 N–H and O–H groups in total. The third-order valence-corrected chi connectivity index (χ3v) is 2.85. The molecule has 1 amide bonds. The number of nitrogens with one attached hydrogen (secondary N) is 2. The Balaban J connectivity index is 2.19. The number of aromatic amines is 1. The number of carbonyl (C=O) groups excluding carboxylic acids is 1. The molecule has 1 atom stereocenters. The van der Waals surface area contributed by atoms with E-state index >= 15 is 0 Å². The Kier molecular flexibility index (Phi) is 3.99. The first-order valence-electron chi connectivity index (χ1n) is 5.72. The molecule has 0 aliphatic carbocycles. The highest BCUT2D eigenvalue weighted by Crippen LogP contribution is 2.21. The van der Waals surface area contributed by atoms with Crippen LogP contribution in [0, 0.1) is 10.1 Å². The lowest BCUT2D eigenvalue weighted by Gasteiger charge is -2.11. The van der Waals surface area contributed by atoms with Crippen molar-refractivity contribution < 1.29 is 9.72 Å². The number of nitrogens with zero attached hydrogens (tertiary/aromatic N) is 2. The Morgan fingerprint density at radius 3 is 2.85 bits per heavy atom. The van der Waals surface area contributed by atoms with Crippen LogP contribution in [0.4, 0.5) is 5.69 Å². The highest BCUT2D eigenvalue weighted by atomic mass is 35.5. The second kappa shape index (κ2) is 5.70. The maximum atomic E-state index is 12.0. The molecule has 7 nitrogen and oxygen atoms in total. The minimum Gasteiger partial charge on any atom is -0.347 e. The number of H-pyrrole nitrogens is 1. The van der Waals surface area contributed by atoms with Crippen LogP contribution < -0.4 is 5.32 Å². The van der Waals surface area contributed by atoms with E-state index in [-0.39, 0.29) is 22.3 Å². The lowest BCUT2D eigenvalue weighted by atomic mass is 10.1. The minimum atomic E-state index is -0.599. The number of halogens is 1. The molecule has 20 heavy (non-hydrogen) atoms. The van der Waals surface area contributed by atoms with Gasteiger partial charge in [-0.2, -0.15) is 0 Å². The van der Waals surface area contributed by atoms with Crippen molar-refractivity contribution in [3.8, 4) is 0 Å². The van der Waals surface area contributed by atoms with Crippen LogP contribution in [0.15, 0.2) is 30.6 Å². The van der Waals surface area contributed by atoms with Crippen LogP contribution in [-0.4, -0.2) is 20.8 Å². The molecule has 0 fully saturated rings. The van der Waals surface area contributed by atoms with Crippen LogP contribution in [-0.2, 0) is 0 Å². The highest BCUT2D eigenvalue weighted by molar-refractivity contribution is 6.31. The number of amides is 1. The normalized spacial score (nSPS) is 11.9. The monoisotopic (exact) mass is 294 g/mol. The molecular formula is C12H11ClN4O3. The number of rotatable bonds is 4. The van der Waals surface area contributed by atoms with E-state index in [1.807, 2.05) is 0 Å². The van der Waals surface area contributed by atoms with Gasteiger partial charge in [0, 0.05) is 35.1 Å². The fraction of sp³-hybridized carbons (Fsp3) is 0.167. The lowest BCUT2D eigenvalue weighted by molar-refractivity contribution is -0.384. The van der Waals surface area contributed by atoms with Crippen LogP contribution in [0.3, 0.4) is 0 Å². The molecule has 8 heteroatoms. The molecule has 104 valence electrons. The van der Waals surface area contributed by atoms with Gasteiger partial charge in [-0.3, -0.25) is 14.9 Å². The molecule has 0 spiro atoms. The summed E-state index contributed by atoms with van der Waals surface area (Å²) >= 11 is 5.77. The van der Waals surface area contributed by atoms with Gasteiger partial charge in [0.2, 0.25) is 0 Å². The van der Waals surface area contributed by atoms with Crippen molar-refractivity contribution >= 4 is 23.2 Å². The summed E-state index contributed by atoms with van der Waals surface area (Å²) in [5.74, 6) is 0.134. The number of nitro benzene ring substituents is 1. The zero-order chi connectivity index (χ0) is 14.7. The predicted molar refractivity (Wildman–Crippen MR) is 72.6 cm³/mol. The Hall–Kier alpha value is -2.41. The summed E-state index contributed by atoms with van der Waals surface area (Å²) in [4.78, 5) is 29.1.